The van der Waals surface area contributed by atoms with Crippen molar-refractivity contribution in [3.63, 3.8) is 0 Å². The first kappa shape index (κ1) is 36.0. The molecule has 9 nitrogen and oxygen atoms in total. The minimum Gasteiger partial charge on any atom is -0.493 e. The van der Waals surface area contributed by atoms with Gasteiger partial charge in [-0.15, -0.1) is 0 Å². The molecule has 0 amide bonds. The topological polar surface area (TPSA) is 144 Å². The highest BCUT2D eigenvalue weighted by Crippen LogP contribution is 2.57. The van der Waals surface area contributed by atoms with Crippen molar-refractivity contribution in [1.29, 1.82) is 0 Å². The lowest BCUT2D eigenvalue weighted by atomic mass is 9.59. The van der Waals surface area contributed by atoms with Gasteiger partial charge in [-0.1, -0.05) is 37.6 Å². The summed E-state index contributed by atoms with van der Waals surface area (Å²) in [5.41, 5.74) is 10.2. The van der Waals surface area contributed by atoms with Gasteiger partial charge in [0.1, 0.15) is 23.1 Å². The number of pyridine rings is 1. The molecular formula is C40H50ClN3O6. The van der Waals surface area contributed by atoms with Crippen LogP contribution in [0.5, 0.6) is 11.5 Å². The zero-order valence-corrected chi connectivity index (χ0v) is 29.9. The Morgan fingerprint density at radius 2 is 1.92 bits per heavy atom. The van der Waals surface area contributed by atoms with E-state index in [0.717, 1.165) is 43.5 Å². The highest BCUT2D eigenvalue weighted by Gasteiger charge is 2.54. The summed E-state index contributed by atoms with van der Waals surface area (Å²) in [5, 5.41) is 23.7. The van der Waals surface area contributed by atoms with E-state index in [4.69, 9.17) is 26.8 Å². The molecule has 2 unspecified atom stereocenters. The molecule has 10 heteroatoms. The summed E-state index contributed by atoms with van der Waals surface area (Å²) in [5.74, 6) is 0.861. The van der Waals surface area contributed by atoms with E-state index in [-0.39, 0.29) is 30.2 Å². The van der Waals surface area contributed by atoms with E-state index in [0.29, 0.717) is 61.1 Å². The number of halogens is 1. The van der Waals surface area contributed by atoms with Crippen molar-refractivity contribution in [1.82, 2.24) is 4.98 Å². The number of nitrogens with zero attached hydrogens (tertiary/aromatic N) is 1. The van der Waals surface area contributed by atoms with Gasteiger partial charge in [-0.05, 0) is 135 Å². The Morgan fingerprint density at radius 3 is 2.64 bits per heavy atom. The molecule has 50 heavy (non-hydrogen) atoms. The minimum atomic E-state index is -1.12. The maximum atomic E-state index is 12.9. The van der Waals surface area contributed by atoms with Gasteiger partial charge in [-0.2, -0.15) is 0 Å². The molecule has 3 aromatic rings. The molecule has 0 radical (unpaired) electrons. The summed E-state index contributed by atoms with van der Waals surface area (Å²) < 4.78 is 12.8. The molecule has 1 spiro atoms. The second-order valence-corrected chi connectivity index (χ2v) is 15.4. The largest absolute Gasteiger partial charge is 0.493 e. The average molecular weight is 704 g/mol. The Morgan fingerprint density at radius 1 is 1.12 bits per heavy atom. The molecule has 1 aromatic heterocycles. The molecule has 4 atom stereocenters. The van der Waals surface area contributed by atoms with Crippen LogP contribution in [-0.4, -0.2) is 51.9 Å². The quantitative estimate of drug-likeness (QED) is 0.132. The number of carboxylic acids is 2. The first-order valence-corrected chi connectivity index (χ1v) is 18.5. The first-order valence-electron chi connectivity index (χ1n) is 18.1. The fourth-order valence-corrected chi connectivity index (χ4v) is 9.04. The van der Waals surface area contributed by atoms with Gasteiger partial charge >= 0.3 is 11.9 Å². The number of carboxylic acid groups (broad SMARTS) is 2. The van der Waals surface area contributed by atoms with Crippen LogP contribution in [0.4, 0.5) is 5.69 Å². The minimum absolute atomic E-state index is 0.0170. The second-order valence-electron chi connectivity index (χ2n) is 14.9. The van der Waals surface area contributed by atoms with Gasteiger partial charge in [0.2, 0.25) is 0 Å². The van der Waals surface area contributed by atoms with Gasteiger partial charge < -0.3 is 30.7 Å². The Labute approximate surface area is 299 Å². The number of benzene rings is 2. The van der Waals surface area contributed by atoms with E-state index in [9.17, 15) is 19.8 Å². The fraction of sp³-hybridized carbons (Fsp3) is 0.525. The fourth-order valence-electron chi connectivity index (χ4n) is 8.85. The number of nitrogens with two attached hydrogens (primary N) is 1. The zero-order valence-electron chi connectivity index (χ0n) is 29.1. The highest BCUT2D eigenvalue weighted by atomic mass is 35.5. The summed E-state index contributed by atoms with van der Waals surface area (Å²) in [7, 11) is 0. The van der Waals surface area contributed by atoms with Crippen molar-refractivity contribution in [3.05, 3.63) is 82.1 Å². The standard InChI is InChI=1S/C40H50ClN3O6/c1-25(24-49-35-13-18-43-34-8-3-5-26(2)37(34)35)19-28-20-27-9-10-31(50-32(23-42)11-12-36(45)46)22-33(27)39(28)14-16-40(17-15-39,38(47)48)44-30-7-4-6-29(41)21-30/h4,6-7,9-10,13,18,21-22,25-26,28,32,44H,3,5,8,11-12,14-17,19-20,23-24,42H2,1-2H3,(H,45,46)(H,47,48)/t25-,26-,28?,32?,39?,40?/m1/s1. The summed E-state index contributed by atoms with van der Waals surface area (Å²) in [4.78, 5) is 28.8. The molecule has 0 bridgehead atoms. The van der Waals surface area contributed by atoms with Crippen LogP contribution in [-0.2, 0) is 27.8 Å². The van der Waals surface area contributed by atoms with E-state index >= 15 is 0 Å². The van der Waals surface area contributed by atoms with Crippen LogP contribution < -0.4 is 20.5 Å². The predicted molar refractivity (Wildman–Crippen MR) is 194 cm³/mol. The number of carbonyl (C=O) groups is 2. The van der Waals surface area contributed by atoms with Gasteiger partial charge in [0.05, 0.1) is 6.61 Å². The average Bonchev–Trinajstić information content (AvgIpc) is 3.37. The van der Waals surface area contributed by atoms with Crippen molar-refractivity contribution in [2.75, 3.05) is 18.5 Å². The molecule has 2 aromatic carbocycles. The molecule has 1 saturated carbocycles. The van der Waals surface area contributed by atoms with Crippen molar-refractivity contribution in [3.8, 4) is 11.5 Å². The monoisotopic (exact) mass is 703 g/mol. The van der Waals surface area contributed by atoms with E-state index in [1.54, 1.807) is 12.1 Å². The third-order valence-electron chi connectivity index (χ3n) is 11.5. The third-order valence-corrected chi connectivity index (χ3v) is 11.7. The van der Waals surface area contributed by atoms with Crippen LogP contribution >= 0.6 is 11.6 Å². The number of nitrogens with one attached hydrogen (secondary N) is 1. The SMILES string of the molecule is C[C@@H](COc1ccnc2c1[C@H](C)CCC2)CC1Cc2ccc(OC(CN)CCC(=O)O)cc2C12CCC(Nc1cccc(Cl)c1)(C(=O)O)CC2. The molecule has 0 aliphatic heterocycles. The molecule has 5 N–H and O–H groups in total. The van der Waals surface area contributed by atoms with Crippen molar-refractivity contribution >= 4 is 29.2 Å². The highest BCUT2D eigenvalue weighted by molar-refractivity contribution is 6.30. The van der Waals surface area contributed by atoms with Crippen LogP contribution in [0.1, 0.15) is 99.9 Å². The van der Waals surface area contributed by atoms with E-state index in [1.807, 2.05) is 30.5 Å². The Balaban J connectivity index is 1.25. The number of aryl methyl sites for hydroxylation is 1. The molecule has 1 fully saturated rings. The number of aromatic nitrogens is 1. The predicted octanol–water partition coefficient (Wildman–Crippen LogP) is 7.77. The third kappa shape index (κ3) is 7.59. The van der Waals surface area contributed by atoms with E-state index in [2.05, 4.69) is 36.3 Å². The van der Waals surface area contributed by atoms with Crippen molar-refractivity contribution < 1.29 is 29.3 Å². The number of hydrogen-bond donors (Lipinski definition) is 4. The van der Waals surface area contributed by atoms with Crippen molar-refractivity contribution in [2.24, 2.45) is 17.6 Å². The first-order chi connectivity index (χ1) is 24.0. The van der Waals surface area contributed by atoms with Gasteiger partial charge in [-0.3, -0.25) is 9.78 Å². The molecule has 3 aliphatic carbocycles. The second kappa shape index (κ2) is 15.2. The van der Waals surface area contributed by atoms with Crippen LogP contribution in [0.15, 0.2) is 54.7 Å². The van der Waals surface area contributed by atoms with Gasteiger partial charge in [0.15, 0.2) is 0 Å². The number of hydrogen-bond acceptors (Lipinski definition) is 7. The number of rotatable bonds is 14. The Kier molecular flexibility index (Phi) is 10.9. The zero-order chi connectivity index (χ0) is 35.5. The maximum absolute atomic E-state index is 12.9. The van der Waals surface area contributed by atoms with Crippen LogP contribution in [0, 0.1) is 11.8 Å². The number of fused-ring (bicyclic) bond motifs is 3. The summed E-state index contributed by atoms with van der Waals surface area (Å²) >= 11 is 6.26. The van der Waals surface area contributed by atoms with Gasteiger partial charge in [0.25, 0.3) is 0 Å². The molecule has 0 saturated heterocycles. The van der Waals surface area contributed by atoms with Crippen molar-refractivity contribution in [2.45, 2.75) is 107 Å². The summed E-state index contributed by atoms with van der Waals surface area (Å²) in [6.45, 7) is 5.32. The summed E-state index contributed by atoms with van der Waals surface area (Å²) in [6.07, 6.45) is 9.16. The lowest BCUT2D eigenvalue weighted by molar-refractivity contribution is -0.144. The smallest absolute Gasteiger partial charge is 0.329 e. The molecular weight excluding hydrogens is 654 g/mol. The van der Waals surface area contributed by atoms with Crippen LogP contribution in [0.25, 0.3) is 0 Å². The lowest BCUT2D eigenvalue weighted by Gasteiger charge is -2.47. The molecule has 1 heterocycles. The number of aliphatic carboxylic acids is 2. The van der Waals surface area contributed by atoms with Crippen LogP contribution in [0.3, 0.4) is 0 Å². The Bertz CT molecular complexity index is 1690. The molecule has 3 aliphatic rings. The van der Waals surface area contributed by atoms with Crippen LogP contribution in [0.2, 0.25) is 5.02 Å². The number of ether oxygens (including phenoxy) is 2. The van der Waals surface area contributed by atoms with Gasteiger partial charge in [0, 0.05) is 41.1 Å². The summed E-state index contributed by atoms with van der Waals surface area (Å²) in [6, 6.07) is 15.5. The lowest BCUT2D eigenvalue weighted by Crippen LogP contribution is -2.53. The maximum Gasteiger partial charge on any atom is 0.329 e. The Hall–Kier alpha value is -3.82. The molecule has 6 rings (SSSR count). The molecule has 268 valence electrons. The number of anilines is 1. The normalized spacial score (nSPS) is 25.3. The van der Waals surface area contributed by atoms with E-state index in [1.165, 1.54) is 16.7 Å². The van der Waals surface area contributed by atoms with E-state index < -0.39 is 23.6 Å². The van der Waals surface area contributed by atoms with Gasteiger partial charge in [-0.25, -0.2) is 4.79 Å².